The second kappa shape index (κ2) is 12.6. The van der Waals surface area contributed by atoms with E-state index in [4.69, 9.17) is 16.6 Å². The van der Waals surface area contributed by atoms with E-state index in [9.17, 15) is 19.5 Å². The van der Waals surface area contributed by atoms with Crippen LogP contribution in [0.25, 0.3) is 22.0 Å². The van der Waals surface area contributed by atoms with E-state index in [1.54, 1.807) is 18.3 Å². The van der Waals surface area contributed by atoms with Crippen LogP contribution in [-0.4, -0.2) is 55.9 Å². The number of likely N-dealkylation sites (tertiary alicyclic amines) is 1. The number of aryl methyl sites for hydroxylation is 1. The number of rotatable bonds is 8. The van der Waals surface area contributed by atoms with Gasteiger partial charge in [-0.25, -0.2) is 4.98 Å². The Labute approximate surface area is 264 Å². The topological polar surface area (TPSA) is 129 Å². The summed E-state index contributed by atoms with van der Waals surface area (Å²) in [6.07, 6.45) is 6.07. The van der Waals surface area contributed by atoms with Crippen LogP contribution >= 0.6 is 11.6 Å². The molecule has 1 aliphatic heterocycles. The molecule has 1 aliphatic rings. The number of hydrogen-bond donors (Lipinski definition) is 3. The number of benzene rings is 2. The summed E-state index contributed by atoms with van der Waals surface area (Å²) >= 11 is 6.84. The quantitative estimate of drug-likeness (QED) is 0.198. The Morgan fingerprint density at radius 1 is 1.11 bits per heavy atom. The molecule has 0 spiro atoms. The summed E-state index contributed by atoms with van der Waals surface area (Å²) in [6, 6.07) is 16.4. The first-order chi connectivity index (χ1) is 21.7. The molecule has 45 heavy (non-hydrogen) atoms. The van der Waals surface area contributed by atoms with Crippen molar-refractivity contribution < 1.29 is 14.7 Å². The molecule has 1 amide bonds. The molecule has 1 atom stereocenters. The Balaban J connectivity index is 1.27. The molecule has 0 aliphatic carbocycles. The Bertz CT molecular complexity index is 2010. The zero-order valence-corrected chi connectivity index (χ0v) is 25.5. The molecular weight excluding hydrogens is 592 g/mol. The predicted molar refractivity (Wildman–Crippen MR) is 175 cm³/mol. The Hall–Kier alpha value is -4.90. The molecule has 3 N–H and O–H groups in total. The van der Waals surface area contributed by atoms with Crippen LogP contribution in [0.1, 0.15) is 38.3 Å². The highest BCUT2D eigenvalue weighted by Gasteiger charge is 2.21. The van der Waals surface area contributed by atoms with Crippen LogP contribution in [0.2, 0.25) is 5.02 Å². The van der Waals surface area contributed by atoms with Crippen molar-refractivity contribution in [3.05, 3.63) is 111 Å². The summed E-state index contributed by atoms with van der Waals surface area (Å²) in [5.41, 5.74) is 4.89. The number of carbonyl (C=O) groups is 2. The zero-order valence-electron chi connectivity index (χ0n) is 24.8. The largest absolute Gasteiger partial charge is 0.392 e. The van der Waals surface area contributed by atoms with Crippen molar-refractivity contribution in [2.45, 2.75) is 26.0 Å². The van der Waals surface area contributed by atoms with Gasteiger partial charge in [0.2, 0.25) is 0 Å². The molecule has 0 radical (unpaired) electrons. The predicted octanol–water partition coefficient (Wildman–Crippen LogP) is 5.33. The minimum Gasteiger partial charge on any atom is -0.392 e. The number of amides is 1. The lowest BCUT2D eigenvalue weighted by Gasteiger charge is -2.17. The first kappa shape index (κ1) is 30.1. The van der Waals surface area contributed by atoms with E-state index in [2.05, 4.69) is 26.6 Å². The standard InChI is InChI=1S/C34H31ClN6O4/c1-20-25(26-6-4-8-29(30(26)35)39-33(44)27-14-22(19-42)16-40(2)34(27)45)5-3-7-28(20)38-32-31-23(9-11-36-32)13-21(15-37-31)17-41-12-10-24(43)18-41/h3-9,11,13-16,19,24,43H,10,12,17-18H2,1-2H3,(H,36,38)(H,39,44). The van der Waals surface area contributed by atoms with Gasteiger partial charge in [-0.3, -0.25) is 24.3 Å². The average molecular weight is 623 g/mol. The van der Waals surface area contributed by atoms with E-state index in [-0.39, 0.29) is 17.2 Å². The van der Waals surface area contributed by atoms with Gasteiger partial charge >= 0.3 is 0 Å². The Morgan fingerprint density at radius 3 is 2.64 bits per heavy atom. The number of nitrogens with one attached hydrogen (secondary N) is 2. The van der Waals surface area contributed by atoms with Gasteiger partial charge in [0.1, 0.15) is 11.1 Å². The molecule has 3 aromatic heterocycles. The van der Waals surface area contributed by atoms with Crippen molar-refractivity contribution in [3.8, 4) is 11.1 Å². The third-order valence-corrected chi connectivity index (χ3v) is 8.43. The van der Waals surface area contributed by atoms with Crippen LogP contribution in [0.4, 0.5) is 17.2 Å². The summed E-state index contributed by atoms with van der Waals surface area (Å²) in [5, 5.41) is 17.3. The molecule has 4 heterocycles. The van der Waals surface area contributed by atoms with Crippen molar-refractivity contribution >= 4 is 51.9 Å². The van der Waals surface area contributed by atoms with E-state index < -0.39 is 11.5 Å². The van der Waals surface area contributed by atoms with Gasteiger partial charge in [-0.05, 0) is 60.4 Å². The summed E-state index contributed by atoms with van der Waals surface area (Å²) in [5.74, 6) is -0.0525. The van der Waals surface area contributed by atoms with Gasteiger partial charge in [0.05, 0.1) is 16.8 Å². The number of halogens is 1. The smallest absolute Gasteiger partial charge is 0.263 e. The lowest BCUT2D eigenvalue weighted by Crippen LogP contribution is -2.28. The highest BCUT2D eigenvalue weighted by Crippen LogP contribution is 2.38. The number of fused-ring (bicyclic) bond motifs is 1. The van der Waals surface area contributed by atoms with Crippen molar-refractivity contribution in [1.29, 1.82) is 0 Å². The maximum Gasteiger partial charge on any atom is 0.263 e. The number of aliphatic hydroxyl groups excluding tert-OH is 1. The lowest BCUT2D eigenvalue weighted by molar-refractivity contribution is 0.102. The fourth-order valence-corrected chi connectivity index (χ4v) is 5.95. The third-order valence-electron chi connectivity index (χ3n) is 8.02. The molecule has 6 rings (SSSR count). The number of nitrogens with zero attached hydrogens (tertiary/aromatic N) is 4. The van der Waals surface area contributed by atoms with E-state index in [1.165, 1.54) is 23.9 Å². The van der Waals surface area contributed by atoms with Gasteiger partial charge in [-0.15, -0.1) is 0 Å². The second-order valence-corrected chi connectivity index (χ2v) is 11.6. The van der Waals surface area contributed by atoms with Crippen LogP contribution in [-0.2, 0) is 13.6 Å². The minimum absolute atomic E-state index is 0.163. The second-order valence-electron chi connectivity index (χ2n) is 11.2. The molecule has 1 unspecified atom stereocenters. The van der Waals surface area contributed by atoms with Crippen molar-refractivity contribution in [1.82, 2.24) is 19.4 Å². The summed E-state index contributed by atoms with van der Waals surface area (Å²) in [4.78, 5) is 48.5. The number of anilines is 3. The number of aliphatic hydroxyl groups is 1. The Kier molecular flexibility index (Phi) is 8.44. The SMILES string of the molecule is Cc1c(Nc2nccc3cc(CN4CCC(O)C4)cnc23)cccc1-c1cccc(NC(=O)c2cc(C=O)cn(C)c2=O)c1Cl. The van der Waals surface area contributed by atoms with E-state index in [0.717, 1.165) is 52.8 Å². The van der Waals surface area contributed by atoms with Gasteiger partial charge < -0.3 is 20.3 Å². The van der Waals surface area contributed by atoms with E-state index in [1.807, 2.05) is 43.5 Å². The van der Waals surface area contributed by atoms with E-state index >= 15 is 0 Å². The maximum absolute atomic E-state index is 13.1. The molecule has 10 nitrogen and oxygen atoms in total. The summed E-state index contributed by atoms with van der Waals surface area (Å²) in [7, 11) is 1.48. The van der Waals surface area contributed by atoms with Crippen LogP contribution in [0.15, 0.2) is 78.0 Å². The van der Waals surface area contributed by atoms with Crippen LogP contribution < -0.4 is 16.2 Å². The Morgan fingerprint density at radius 2 is 1.89 bits per heavy atom. The van der Waals surface area contributed by atoms with Gasteiger partial charge in [-0.1, -0.05) is 35.9 Å². The van der Waals surface area contributed by atoms with Gasteiger partial charge in [0.25, 0.3) is 11.5 Å². The average Bonchev–Trinajstić information content (AvgIpc) is 3.44. The van der Waals surface area contributed by atoms with Gasteiger partial charge in [-0.2, -0.15) is 0 Å². The molecule has 0 bridgehead atoms. The van der Waals surface area contributed by atoms with Crippen molar-refractivity contribution in [3.63, 3.8) is 0 Å². The summed E-state index contributed by atoms with van der Waals surface area (Å²) < 4.78 is 1.19. The normalized spacial score (nSPS) is 14.9. The number of carbonyl (C=O) groups excluding carboxylic acids is 2. The van der Waals surface area contributed by atoms with Crippen LogP contribution in [0.5, 0.6) is 0 Å². The lowest BCUT2D eigenvalue weighted by atomic mass is 9.98. The summed E-state index contributed by atoms with van der Waals surface area (Å²) in [6.45, 7) is 4.24. The molecule has 1 saturated heterocycles. The number of β-amino-alcohol motifs (C(OH)–C–C–N with tert-alkyl or cyclic N) is 1. The number of hydrogen-bond acceptors (Lipinski definition) is 8. The third kappa shape index (κ3) is 6.21. The van der Waals surface area contributed by atoms with Gasteiger partial charge in [0.15, 0.2) is 12.1 Å². The number of aldehydes is 1. The van der Waals surface area contributed by atoms with Crippen LogP contribution in [0.3, 0.4) is 0 Å². The van der Waals surface area contributed by atoms with Crippen molar-refractivity contribution in [2.75, 3.05) is 23.7 Å². The molecular formula is C34H31ClN6O4. The van der Waals surface area contributed by atoms with Crippen molar-refractivity contribution in [2.24, 2.45) is 7.05 Å². The molecule has 5 aromatic rings. The first-order valence-electron chi connectivity index (χ1n) is 14.5. The van der Waals surface area contributed by atoms with Gasteiger partial charge in [0, 0.05) is 67.5 Å². The number of pyridine rings is 3. The number of aromatic nitrogens is 3. The molecule has 2 aromatic carbocycles. The maximum atomic E-state index is 13.1. The first-order valence-corrected chi connectivity index (χ1v) is 14.9. The fraction of sp³-hybridized carbons (Fsp3) is 0.206. The highest BCUT2D eigenvalue weighted by molar-refractivity contribution is 6.36. The monoisotopic (exact) mass is 622 g/mol. The van der Waals surface area contributed by atoms with E-state index in [0.29, 0.717) is 34.9 Å². The molecule has 1 fully saturated rings. The zero-order chi connectivity index (χ0) is 31.7. The minimum atomic E-state index is -0.666. The molecule has 228 valence electrons. The molecule has 11 heteroatoms. The van der Waals surface area contributed by atoms with Crippen LogP contribution in [0, 0.1) is 6.92 Å². The molecule has 0 saturated carbocycles. The highest BCUT2D eigenvalue weighted by atomic mass is 35.5. The fourth-order valence-electron chi connectivity index (χ4n) is 5.68.